The van der Waals surface area contributed by atoms with E-state index in [1.54, 1.807) is 0 Å². The van der Waals surface area contributed by atoms with Gasteiger partial charge in [-0.15, -0.1) is 10.2 Å². The Labute approximate surface area is 131 Å². The first kappa shape index (κ1) is 14.6. The minimum atomic E-state index is -0.170. The van der Waals surface area contributed by atoms with Crippen molar-refractivity contribution >= 4 is 33.3 Å². The van der Waals surface area contributed by atoms with Gasteiger partial charge in [0.1, 0.15) is 10.7 Å². The highest BCUT2D eigenvalue weighted by Crippen LogP contribution is 2.21. The van der Waals surface area contributed by atoms with Crippen LogP contribution in [0.25, 0.3) is 11.0 Å². The Balaban J connectivity index is 1.71. The maximum Gasteiger partial charge on any atom is 0.232 e. The SMILES string of the molecule is CCCc1nnc(NC(=O)Cc2noc3ccc(C)cc23)s1. The largest absolute Gasteiger partial charge is 0.356 e. The molecule has 0 saturated heterocycles. The third kappa shape index (κ3) is 3.14. The Morgan fingerprint density at radius 2 is 2.23 bits per heavy atom. The zero-order valence-corrected chi connectivity index (χ0v) is 13.2. The highest BCUT2D eigenvalue weighted by atomic mass is 32.1. The number of carbonyl (C=O) groups excluding carboxylic acids is 1. The molecule has 1 amide bonds. The molecule has 0 bridgehead atoms. The highest BCUT2D eigenvalue weighted by Gasteiger charge is 2.14. The molecule has 0 spiro atoms. The summed E-state index contributed by atoms with van der Waals surface area (Å²) in [5.41, 5.74) is 2.43. The summed E-state index contributed by atoms with van der Waals surface area (Å²) < 4.78 is 5.24. The molecule has 7 heteroatoms. The number of carbonyl (C=O) groups is 1. The molecule has 0 aliphatic rings. The smallest absolute Gasteiger partial charge is 0.232 e. The van der Waals surface area contributed by atoms with Crippen LogP contribution in [-0.4, -0.2) is 21.3 Å². The quantitative estimate of drug-likeness (QED) is 0.782. The van der Waals surface area contributed by atoms with Gasteiger partial charge in [0.05, 0.1) is 6.42 Å². The number of hydrogen-bond acceptors (Lipinski definition) is 6. The van der Waals surface area contributed by atoms with Crippen LogP contribution < -0.4 is 5.32 Å². The summed E-state index contributed by atoms with van der Waals surface area (Å²) in [6, 6.07) is 5.79. The maximum absolute atomic E-state index is 12.1. The average molecular weight is 316 g/mol. The number of aromatic nitrogens is 3. The van der Waals surface area contributed by atoms with Gasteiger partial charge in [-0.2, -0.15) is 0 Å². The van der Waals surface area contributed by atoms with Crippen LogP contribution in [0.15, 0.2) is 22.7 Å². The summed E-state index contributed by atoms with van der Waals surface area (Å²) in [4.78, 5) is 12.1. The third-order valence-corrected chi connectivity index (χ3v) is 4.10. The summed E-state index contributed by atoms with van der Waals surface area (Å²) in [5.74, 6) is -0.170. The molecule has 114 valence electrons. The molecule has 0 unspecified atom stereocenters. The predicted octanol–water partition coefficient (Wildman–Crippen LogP) is 3.12. The number of fused-ring (bicyclic) bond motifs is 1. The zero-order chi connectivity index (χ0) is 15.5. The first-order chi connectivity index (χ1) is 10.7. The van der Waals surface area contributed by atoms with Gasteiger partial charge in [-0.1, -0.05) is 35.0 Å². The van der Waals surface area contributed by atoms with Gasteiger partial charge in [-0.05, 0) is 25.5 Å². The Morgan fingerprint density at radius 1 is 1.36 bits per heavy atom. The fraction of sp³-hybridized carbons (Fsp3) is 0.333. The van der Waals surface area contributed by atoms with Crippen LogP contribution in [-0.2, 0) is 17.6 Å². The van der Waals surface area contributed by atoms with E-state index in [2.05, 4.69) is 27.6 Å². The van der Waals surface area contributed by atoms with Crippen molar-refractivity contribution in [2.24, 2.45) is 0 Å². The number of nitrogens with one attached hydrogen (secondary N) is 1. The molecule has 6 nitrogen and oxygen atoms in total. The van der Waals surface area contributed by atoms with Gasteiger partial charge >= 0.3 is 0 Å². The summed E-state index contributed by atoms with van der Waals surface area (Å²) in [6.07, 6.45) is 2.03. The van der Waals surface area contributed by atoms with Gasteiger partial charge in [-0.3, -0.25) is 4.79 Å². The van der Waals surface area contributed by atoms with Crippen LogP contribution in [0.3, 0.4) is 0 Å². The van der Waals surface area contributed by atoms with E-state index >= 15 is 0 Å². The number of hydrogen-bond donors (Lipinski definition) is 1. The minimum Gasteiger partial charge on any atom is -0.356 e. The van der Waals surface area contributed by atoms with Crippen LogP contribution in [0.1, 0.15) is 29.6 Å². The van der Waals surface area contributed by atoms with Crippen LogP contribution in [0.5, 0.6) is 0 Å². The van der Waals surface area contributed by atoms with E-state index in [9.17, 15) is 4.79 Å². The Hall–Kier alpha value is -2.28. The summed E-state index contributed by atoms with van der Waals surface area (Å²) in [7, 11) is 0. The summed E-state index contributed by atoms with van der Waals surface area (Å²) in [6.45, 7) is 4.07. The second-order valence-electron chi connectivity index (χ2n) is 5.10. The lowest BCUT2D eigenvalue weighted by molar-refractivity contribution is -0.115. The first-order valence-electron chi connectivity index (χ1n) is 7.13. The fourth-order valence-corrected chi connectivity index (χ4v) is 3.02. The van der Waals surface area contributed by atoms with Crippen LogP contribution in [0, 0.1) is 6.92 Å². The van der Waals surface area contributed by atoms with E-state index < -0.39 is 0 Å². The van der Waals surface area contributed by atoms with E-state index in [1.807, 2.05) is 25.1 Å². The molecule has 3 aromatic rings. The van der Waals surface area contributed by atoms with Crippen molar-refractivity contribution in [3.63, 3.8) is 0 Å². The topological polar surface area (TPSA) is 80.9 Å². The monoisotopic (exact) mass is 316 g/mol. The van der Waals surface area contributed by atoms with E-state index in [4.69, 9.17) is 4.52 Å². The van der Waals surface area contributed by atoms with Crippen molar-refractivity contribution in [2.45, 2.75) is 33.1 Å². The van der Waals surface area contributed by atoms with E-state index in [0.717, 1.165) is 28.8 Å². The zero-order valence-electron chi connectivity index (χ0n) is 12.4. The molecule has 0 aliphatic heterocycles. The van der Waals surface area contributed by atoms with Gasteiger partial charge in [0.25, 0.3) is 0 Å². The molecular weight excluding hydrogens is 300 g/mol. The van der Waals surface area contributed by atoms with Crippen molar-refractivity contribution in [2.75, 3.05) is 5.32 Å². The molecule has 0 radical (unpaired) electrons. The summed E-state index contributed by atoms with van der Waals surface area (Å²) in [5, 5.41) is 17.1. The van der Waals surface area contributed by atoms with Gasteiger partial charge in [-0.25, -0.2) is 0 Å². The second-order valence-corrected chi connectivity index (χ2v) is 6.17. The Kier molecular flexibility index (Phi) is 4.15. The highest BCUT2D eigenvalue weighted by molar-refractivity contribution is 7.15. The van der Waals surface area contributed by atoms with Crippen molar-refractivity contribution < 1.29 is 9.32 Å². The predicted molar refractivity (Wildman–Crippen MR) is 85.0 cm³/mol. The standard InChI is InChI=1S/C15H16N4O2S/c1-3-4-14-17-18-15(22-14)16-13(20)8-11-10-7-9(2)5-6-12(10)21-19-11/h5-7H,3-4,8H2,1-2H3,(H,16,18,20). The molecule has 1 aromatic carbocycles. The number of amides is 1. The molecule has 0 aliphatic carbocycles. The molecule has 0 saturated carbocycles. The number of anilines is 1. The minimum absolute atomic E-state index is 0.152. The first-order valence-corrected chi connectivity index (χ1v) is 7.94. The lowest BCUT2D eigenvalue weighted by Crippen LogP contribution is -2.14. The van der Waals surface area contributed by atoms with Gasteiger partial charge in [0.15, 0.2) is 5.58 Å². The van der Waals surface area contributed by atoms with Crippen LogP contribution in [0.2, 0.25) is 0 Å². The van der Waals surface area contributed by atoms with Crippen molar-refractivity contribution in [3.8, 4) is 0 Å². The maximum atomic E-state index is 12.1. The number of benzene rings is 1. The van der Waals surface area contributed by atoms with Gasteiger partial charge in [0.2, 0.25) is 11.0 Å². The molecule has 0 atom stereocenters. The Bertz CT molecular complexity index is 809. The van der Waals surface area contributed by atoms with Crippen molar-refractivity contribution in [3.05, 3.63) is 34.5 Å². The van der Waals surface area contributed by atoms with Gasteiger partial charge in [0, 0.05) is 11.8 Å². The normalized spacial score (nSPS) is 11.0. The lowest BCUT2D eigenvalue weighted by atomic mass is 10.1. The fourth-order valence-electron chi connectivity index (χ4n) is 2.16. The van der Waals surface area contributed by atoms with E-state index in [0.29, 0.717) is 16.4 Å². The van der Waals surface area contributed by atoms with Crippen molar-refractivity contribution in [1.82, 2.24) is 15.4 Å². The summed E-state index contributed by atoms with van der Waals surface area (Å²) >= 11 is 1.41. The molecular formula is C15H16N4O2S. The van der Waals surface area contributed by atoms with E-state index in [1.165, 1.54) is 11.3 Å². The van der Waals surface area contributed by atoms with Gasteiger partial charge < -0.3 is 9.84 Å². The van der Waals surface area contributed by atoms with Crippen LogP contribution >= 0.6 is 11.3 Å². The number of aryl methyl sites for hydroxylation is 2. The molecule has 1 N–H and O–H groups in total. The number of nitrogens with zero attached hydrogens (tertiary/aromatic N) is 3. The molecule has 0 fully saturated rings. The number of rotatable bonds is 5. The molecule has 3 rings (SSSR count). The van der Waals surface area contributed by atoms with E-state index in [-0.39, 0.29) is 12.3 Å². The van der Waals surface area contributed by atoms with Crippen molar-refractivity contribution in [1.29, 1.82) is 0 Å². The Morgan fingerprint density at radius 3 is 3.05 bits per heavy atom. The molecule has 22 heavy (non-hydrogen) atoms. The second kappa shape index (κ2) is 6.23. The molecule has 2 heterocycles. The molecule has 2 aromatic heterocycles. The van der Waals surface area contributed by atoms with Crippen LogP contribution in [0.4, 0.5) is 5.13 Å². The third-order valence-electron chi connectivity index (χ3n) is 3.21. The average Bonchev–Trinajstić information content (AvgIpc) is 3.07. The lowest BCUT2D eigenvalue weighted by Gasteiger charge is -1.99.